The van der Waals surface area contributed by atoms with Crippen molar-refractivity contribution in [2.45, 2.75) is 0 Å². The van der Waals surface area contributed by atoms with Gasteiger partial charge in [0.1, 0.15) is 0 Å². The molecule has 0 aliphatic heterocycles. The molecule has 84 valence electrons. The zero-order chi connectivity index (χ0) is 12.1. The Morgan fingerprint density at radius 2 is 2.25 bits per heavy atom. The molecule has 1 aromatic rings. The Morgan fingerprint density at radius 3 is 2.81 bits per heavy atom. The number of rotatable bonds is 3. The van der Waals surface area contributed by atoms with Crippen LogP contribution in [0.25, 0.3) is 0 Å². The summed E-state index contributed by atoms with van der Waals surface area (Å²) in [6.45, 7) is 0.209. The Morgan fingerprint density at radius 1 is 1.56 bits per heavy atom. The number of carbonyl (C=O) groups is 1. The number of carbonyl (C=O) groups excluding carboxylic acids is 1. The summed E-state index contributed by atoms with van der Waals surface area (Å²) in [5.74, 6) is 2.14. The number of anilines is 2. The van der Waals surface area contributed by atoms with E-state index in [1.54, 1.807) is 18.2 Å². The highest BCUT2D eigenvalue weighted by Gasteiger charge is 2.12. The lowest BCUT2D eigenvalue weighted by Gasteiger charge is -2.17. The van der Waals surface area contributed by atoms with Gasteiger partial charge in [0.15, 0.2) is 0 Å². The monoisotopic (exact) mass is 217 g/mol. The largest absolute Gasteiger partial charge is 0.399 e. The van der Waals surface area contributed by atoms with Gasteiger partial charge in [-0.3, -0.25) is 4.79 Å². The molecule has 1 rings (SSSR count). The summed E-state index contributed by atoms with van der Waals surface area (Å²) in [6.07, 6.45) is 5.08. The molecule has 0 atom stereocenters. The first-order valence-corrected chi connectivity index (χ1v) is 4.84. The van der Waals surface area contributed by atoms with Crippen molar-refractivity contribution in [3.8, 4) is 12.3 Å². The van der Waals surface area contributed by atoms with E-state index in [2.05, 4.69) is 11.2 Å². The minimum Gasteiger partial charge on any atom is -0.399 e. The molecule has 0 aliphatic rings. The molecule has 0 radical (unpaired) electrons. The van der Waals surface area contributed by atoms with E-state index in [9.17, 15) is 4.79 Å². The molecule has 0 spiro atoms. The van der Waals surface area contributed by atoms with Crippen LogP contribution in [0.3, 0.4) is 0 Å². The van der Waals surface area contributed by atoms with Crippen molar-refractivity contribution in [3.63, 3.8) is 0 Å². The number of amides is 1. The fourth-order valence-corrected chi connectivity index (χ4v) is 1.35. The van der Waals surface area contributed by atoms with Gasteiger partial charge in [0, 0.05) is 25.5 Å². The second kappa shape index (κ2) is 5.08. The van der Waals surface area contributed by atoms with Gasteiger partial charge in [0.05, 0.1) is 12.1 Å². The molecule has 4 heteroatoms. The molecular formula is C12H15N3O. The van der Waals surface area contributed by atoms with Crippen molar-refractivity contribution >= 4 is 17.3 Å². The van der Waals surface area contributed by atoms with Crippen LogP contribution in [0.4, 0.5) is 11.4 Å². The molecule has 16 heavy (non-hydrogen) atoms. The van der Waals surface area contributed by atoms with E-state index in [0.717, 1.165) is 5.69 Å². The van der Waals surface area contributed by atoms with Crippen LogP contribution in [0.1, 0.15) is 10.4 Å². The number of terminal acetylenes is 1. The van der Waals surface area contributed by atoms with Gasteiger partial charge in [0.25, 0.3) is 5.91 Å². The molecule has 1 aromatic carbocycles. The van der Waals surface area contributed by atoms with Gasteiger partial charge in [0.2, 0.25) is 0 Å². The van der Waals surface area contributed by atoms with E-state index in [-0.39, 0.29) is 12.5 Å². The number of nitrogens with one attached hydrogen (secondary N) is 1. The van der Waals surface area contributed by atoms with Gasteiger partial charge in [-0.2, -0.15) is 0 Å². The van der Waals surface area contributed by atoms with Crippen molar-refractivity contribution in [1.82, 2.24) is 5.32 Å². The van der Waals surface area contributed by atoms with E-state index in [1.165, 1.54) is 0 Å². The van der Waals surface area contributed by atoms with Gasteiger partial charge in [-0.05, 0) is 18.2 Å². The van der Waals surface area contributed by atoms with Gasteiger partial charge >= 0.3 is 0 Å². The van der Waals surface area contributed by atoms with Gasteiger partial charge in [-0.25, -0.2) is 0 Å². The maximum atomic E-state index is 11.8. The molecule has 0 saturated heterocycles. The first-order chi connectivity index (χ1) is 7.56. The SMILES string of the molecule is C#CCNC(=O)c1cc(N)ccc1N(C)C. The van der Waals surface area contributed by atoms with Crippen LogP contribution in [0.2, 0.25) is 0 Å². The average molecular weight is 217 g/mol. The number of hydrogen-bond donors (Lipinski definition) is 2. The lowest BCUT2D eigenvalue weighted by molar-refractivity contribution is 0.0959. The van der Waals surface area contributed by atoms with Crippen LogP contribution in [0, 0.1) is 12.3 Å². The van der Waals surface area contributed by atoms with Crippen molar-refractivity contribution in [2.24, 2.45) is 0 Å². The minimum atomic E-state index is -0.214. The van der Waals surface area contributed by atoms with Gasteiger partial charge in [-0.15, -0.1) is 6.42 Å². The molecule has 1 amide bonds. The van der Waals surface area contributed by atoms with Gasteiger partial charge in [-0.1, -0.05) is 5.92 Å². The quantitative estimate of drug-likeness (QED) is 0.578. The Labute approximate surface area is 95.4 Å². The first-order valence-electron chi connectivity index (χ1n) is 4.84. The molecule has 0 saturated carbocycles. The number of nitrogens with zero attached hydrogens (tertiary/aromatic N) is 1. The van der Waals surface area contributed by atoms with Crippen molar-refractivity contribution < 1.29 is 4.79 Å². The summed E-state index contributed by atoms with van der Waals surface area (Å²) >= 11 is 0. The second-order valence-electron chi connectivity index (χ2n) is 3.56. The predicted molar refractivity (Wildman–Crippen MR) is 66.3 cm³/mol. The summed E-state index contributed by atoms with van der Waals surface area (Å²) in [6, 6.07) is 5.20. The van der Waals surface area contributed by atoms with E-state index < -0.39 is 0 Å². The zero-order valence-corrected chi connectivity index (χ0v) is 9.45. The molecular weight excluding hydrogens is 202 g/mol. The fourth-order valence-electron chi connectivity index (χ4n) is 1.35. The zero-order valence-electron chi connectivity index (χ0n) is 9.45. The summed E-state index contributed by atoms with van der Waals surface area (Å²) < 4.78 is 0. The number of hydrogen-bond acceptors (Lipinski definition) is 3. The maximum absolute atomic E-state index is 11.8. The summed E-state index contributed by atoms with van der Waals surface area (Å²) in [7, 11) is 3.73. The first kappa shape index (κ1) is 11.9. The van der Waals surface area contributed by atoms with Crippen LogP contribution in [0.15, 0.2) is 18.2 Å². The van der Waals surface area contributed by atoms with E-state index in [4.69, 9.17) is 12.2 Å². The van der Waals surface area contributed by atoms with Crippen LogP contribution in [-0.2, 0) is 0 Å². The van der Waals surface area contributed by atoms with Crippen molar-refractivity contribution in [3.05, 3.63) is 23.8 Å². The summed E-state index contributed by atoms with van der Waals surface area (Å²) in [5.41, 5.74) is 7.54. The van der Waals surface area contributed by atoms with Crippen LogP contribution in [0.5, 0.6) is 0 Å². The minimum absolute atomic E-state index is 0.209. The van der Waals surface area contributed by atoms with E-state index in [1.807, 2.05) is 19.0 Å². The third-order valence-electron chi connectivity index (χ3n) is 2.10. The molecule has 0 heterocycles. The Kier molecular flexibility index (Phi) is 3.78. The van der Waals surface area contributed by atoms with Crippen molar-refractivity contribution in [2.75, 3.05) is 31.3 Å². The smallest absolute Gasteiger partial charge is 0.254 e. The lowest BCUT2D eigenvalue weighted by Crippen LogP contribution is -2.26. The van der Waals surface area contributed by atoms with Crippen LogP contribution >= 0.6 is 0 Å². The van der Waals surface area contributed by atoms with E-state index >= 15 is 0 Å². The van der Waals surface area contributed by atoms with E-state index in [0.29, 0.717) is 11.3 Å². The third kappa shape index (κ3) is 2.67. The molecule has 0 fully saturated rings. The Bertz CT molecular complexity index is 432. The predicted octanol–water partition coefficient (Wildman–Crippen LogP) is 0.698. The normalized spacial score (nSPS) is 9.31. The highest BCUT2D eigenvalue weighted by molar-refractivity contribution is 6.00. The van der Waals surface area contributed by atoms with Crippen LogP contribution < -0.4 is 16.0 Å². The van der Waals surface area contributed by atoms with Crippen molar-refractivity contribution in [1.29, 1.82) is 0 Å². The topological polar surface area (TPSA) is 58.4 Å². The third-order valence-corrected chi connectivity index (χ3v) is 2.10. The Balaban J connectivity index is 3.05. The average Bonchev–Trinajstić information content (AvgIpc) is 2.25. The molecule has 0 aliphatic carbocycles. The van der Waals surface area contributed by atoms with Crippen LogP contribution in [-0.4, -0.2) is 26.5 Å². The molecule has 0 bridgehead atoms. The second-order valence-corrected chi connectivity index (χ2v) is 3.56. The fraction of sp³-hybridized carbons (Fsp3) is 0.250. The standard InChI is InChI=1S/C12H15N3O/c1-4-7-14-12(16)10-8-9(13)5-6-11(10)15(2)3/h1,5-6,8H,7,13H2,2-3H3,(H,14,16). The molecule has 4 nitrogen and oxygen atoms in total. The highest BCUT2D eigenvalue weighted by Crippen LogP contribution is 2.21. The summed E-state index contributed by atoms with van der Waals surface area (Å²) in [5, 5.41) is 2.61. The molecule has 0 unspecified atom stereocenters. The number of benzene rings is 1. The molecule has 0 aromatic heterocycles. The number of nitrogens with two attached hydrogens (primary N) is 1. The highest BCUT2D eigenvalue weighted by atomic mass is 16.1. The maximum Gasteiger partial charge on any atom is 0.254 e. The summed E-state index contributed by atoms with van der Waals surface area (Å²) in [4.78, 5) is 13.6. The Hall–Kier alpha value is -2.15. The van der Waals surface area contributed by atoms with Gasteiger partial charge < -0.3 is 16.0 Å². The molecule has 3 N–H and O–H groups in total. The number of nitrogen functional groups attached to an aromatic ring is 1. The lowest BCUT2D eigenvalue weighted by atomic mass is 10.1.